The maximum atomic E-state index is 10.8. The number of nitrogens with zero attached hydrogens (tertiary/aromatic N) is 3. The number of nitriles is 1. The molecule has 1 aromatic rings. The van der Waals surface area contributed by atoms with E-state index >= 15 is 0 Å². The fraction of sp³-hybridized carbons (Fsp3) is 0.400. The molecule has 1 rings (SSSR count). The van der Waals surface area contributed by atoms with E-state index in [9.17, 15) is 14.3 Å². The van der Waals surface area contributed by atoms with Gasteiger partial charge in [-0.3, -0.25) is 14.3 Å². The summed E-state index contributed by atoms with van der Waals surface area (Å²) in [5.74, 6) is 0.651. The monoisotopic (exact) mass is 268 g/mol. The third-order valence-corrected chi connectivity index (χ3v) is 2.96. The van der Waals surface area contributed by atoms with Crippen LogP contribution in [0.3, 0.4) is 0 Å². The van der Waals surface area contributed by atoms with Gasteiger partial charge < -0.3 is 5.32 Å². The van der Waals surface area contributed by atoms with Crippen molar-refractivity contribution in [3.05, 3.63) is 27.9 Å². The topological polar surface area (TPSA) is 109 Å². The van der Waals surface area contributed by atoms with E-state index in [0.717, 1.165) is 0 Å². The van der Waals surface area contributed by atoms with Crippen molar-refractivity contribution in [1.29, 1.82) is 5.26 Å². The average molecular weight is 268 g/mol. The molecule has 1 atom stereocenters. The van der Waals surface area contributed by atoms with Crippen molar-refractivity contribution in [2.45, 2.75) is 6.42 Å². The number of rotatable bonds is 6. The Morgan fingerprint density at radius 2 is 2.39 bits per heavy atom. The minimum Gasteiger partial charge on any atom is -0.364 e. The molecule has 0 aliphatic carbocycles. The van der Waals surface area contributed by atoms with Crippen molar-refractivity contribution in [3.8, 4) is 6.07 Å². The number of nitrogens with one attached hydrogen (secondary N) is 1. The molecule has 0 spiro atoms. The molecular weight excluding hydrogens is 256 g/mol. The van der Waals surface area contributed by atoms with Crippen molar-refractivity contribution in [2.75, 3.05) is 23.9 Å². The SMILES string of the molecule is CS(=O)CCCNc1ncc(C#N)cc1[N+](=O)[O-]. The Morgan fingerprint density at radius 1 is 1.67 bits per heavy atom. The molecule has 18 heavy (non-hydrogen) atoms. The van der Waals surface area contributed by atoms with Gasteiger partial charge in [-0.1, -0.05) is 0 Å². The highest BCUT2D eigenvalue weighted by Crippen LogP contribution is 2.22. The molecule has 96 valence electrons. The zero-order valence-corrected chi connectivity index (χ0v) is 10.6. The van der Waals surface area contributed by atoms with Gasteiger partial charge >= 0.3 is 5.69 Å². The van der Waals surface area contributed by atoms with Crippen molar-refractivity contribution >= 4 is 22.3 Å². The highest BCUT2D eigenvalue weighted by Gasteiger charge is 2.15. The molecule has 8 heteroatoms. The lowest BCUT2D eigenvalue weighted by Gasteiger charge is -2.05. The van der Waals surface area contributed by atoms with Gasteiger partial charge in [-0.2, -0.15) is 5.26 Å². The van der Waals surface area contributed by atoms with Crippen LogP contribution in [-0.2, 0) is 10.8 Å². The first kappa shape index (κ1) is 14.1. The quantitative estimate of drug-likeness (QED) is 0.469. The molecule has 0 fully saturated rings. The smallest absolute Gasteiger partial charge is 0.312 e. The first-order chi connectivity index (χ1) is 8.54. The van der Waals surface area contributed by atoms with Crippen LogP contribution in [0.5, 0.6) is 0 Å². The van der Waals surface area contributed by atoms with Gasteiger partial charge in [0.15, 0.2) is 0 Å². The Hall–Kier alpha value is -2.01. The van der Waals surface area contributed by atoms with Crippen LogP contribution in [0.2, 0.25) is 0 Å². The molecule has 0 saturated carbocycles. The van der Waals surface area contributed by atoms with Gasteiger partial charge in [-0.15, -0.1) is 0 Å². The second-order valence-electron chi connectivity index (χ2n) is 3.52. The zero-order valence-electron chi connectivity index (χ0n) is 9.75. The summed E-state index contributed by atoms with van der Waals surface area (Å²) in [5, 5.41) is 22.2. The molecule has 1 heterocycles. The van der Waals surface area contributed by atoms with Crippen LogP contribution >= 0.6 is 0 Å². The minimum atomic E-state index is -0.880. The average Bonchev–Trinajstić information content (AvgIpc) is 2.34. The number of aromatic nitrogens is 1. The summed E-state index contributed by atoms with van der Waals surface area (Å²) in [6.07, 6.45) is 3.50. The Morgan fingerprint density at radius 3 is 2.94 bits per heavy atom. The van der Waals surface area contributed by atoms with Crippen LogP contribution in [0.1, 0.15) is 12.0 Å². The minimum absolute atomic E-state index is 0.126. The maximum absolute atomic E-state index is 10.8. The Bertz CT molecular complexity index is 512. The molecule has 0 saturated heterocycles. The van der Waals surface area contributed by atoms with Gasteiger partial charge in [0.1, 0.15) is 6.07 Å². The van der Waals surface area contributed by atoms with E-state index in [-0.39, 0.29) is 17.1 Å². The molecule has 0 radical (unpaired) electrons. The zero-order chi connectivity index (χ0) is 13.5. The van der Waals surface area contributed by atoms with E-state index in [0.29, 0.717) is 18.7 Å². The van der Waals surface area contributed by atoms with Crippen LogP contribution < -0.4 is 5.32 Å². The van der Waals surface area contributed by atoms with Crippen LogP contribution in [0.15, 0.2) is 12.3 Å². The number of anilines is 1. The highest BCUT2D eigenvalue weighted by molar-refractivity contribution is 7.84. The van der Waals surface area contributed by atoms with Crippen molar-refractivity contribution in [1.82, 2.24) is 4.98 Å². The molecule has 0 bridgehead atoms. The summed E-state index contributed by atoms with van der Waals surface area (Å²) < 4.78 is 10.8. The Kier molecular flexibility index (Phi) is 5.20. The second-order valence-corrected chi connectivity index (χ2v) is 5.07. The summed E-state index contributed by atoms with van der Waals surface area (Å²) in [6, 6.07) is 2.97. The van der Waals surface area contributed by atoms with Crippen LogP contribution in [0.25, 0.3) is 0 Å². The van der Waals surface area contributed by atoms with Gasteiger partial charge in [-0.05, 0) is 6.42 Å². The van der Waals surface area contributed by atoms with E-state index < -0.39 is 15.7 Å². The number of hydrogen-bond donors (Lipinski definition) is 1. The number of nitro groups is 1. The standard InChI is InChI=1S/C10H12N4O3S/c1-18(17)4-2-3-12-10-9(14(15)16)5-8(6-11)7-13-10/h5,7H,2-4H2,1H3,(H,12,13). The van der Waals surface area contributed by atoms with E-state index in [1.54, 1.807) is 12.3 Å². The van der Waals surface area contributed by atoms with Gasteiger partial charge in [-0.25, -0.2) is 4.98 Å². The van der Waals surface area contributed by atoms with E-state index in [4.69, 9.17) is 5.26 Å². The van der Waals surface area contributed by atoms with Gasteiger partial charge in [0.05, 0.1) is 10.5 Å². The Balaban J connectivity index is 2.73. The molecule has 7 nitrogen and oxygen atoms in total. The lowest BCUT2D eigenvalue weighted by Crippen LogP contribution is -2.09. The molecule has 0 aromatic carbocycles. The summed E-state index contributed by atoms with van der Waals surface area (Å²) >= 11 is 0. The number of pyridine rings is 1. The largest absolute Gasteiger partial charge is 0.364 e. The molecule has 0 aliphatic heterocycles. The second kappa shape index (κ2) is 6.66. The first-order valence-corrected chi connectivity index (χ1v) is 6.85. The van der Waals surface area contributed by atoms with Crippen molar-refractivity contribution in [2.24, 2.45) is 0 Å². The van der Waals surface area contributed by atoms with Gasteiger partial charge in [0, 0.05) is 41.6 Å². The van der Waals surface area contributed by atoms with Gasteiger partial charge in [0.25, 0.3) is 0 Å². The molecular formula is C10H12N4O3S. The summed E-state index contributed by atoms with van der Waals surface area (Å²) in [7, 11) is -0.880. The van der Waals surface area contributed by atoms with Crippen molar-refractivity contribution < 1.29 is 9.13 Å². The van der Waals surface area contributed by atoms with E-state index in [1.165, 1.54) is 12.3 Å². The fourth-order valence-corrected chi connectivity index (χ4v) is 1.82. The molecule has 0 amide bonds. The summed E-state index contributed by atoms with van der Waals surface area (Å²) in [4.78, 5) is 14.0. The first-order valence-electron chi connectivity index (χ1n) is 5.13. The number of hydrogen-bond acceptors (Lipinski definition) is 6. The van der Waals surface area contributed by atoms with E-state index in [1.807, 2.05) is 0 Å². The van der Waals surface area contributed by atoms with E-state index in [2.05, 4.69) is 10.3 Å². The predicted octanol–water partition coefficient (Wildman–Crippen LogP) is 1.04. The highest BCUT2D eigenvalue weighted by atomic mass is 32.2. The van der Waals surface area contributed by atoms with Crippen LogP contribution in [0, 0.1) is 21.4 Å². The molecule has 0 aliphatic rings. The lowest BCUT2D eigenvalue weighted by atomic mass is 10.2. The third kappa shape index (κ3) is 4.10. The van der Waals surface area contributed by atoms with Crippen LogP contribution in [-0.4, -0.2) is 32.7 Å². The summed E-state index contributed by atoms with van der Waals surface area (Å²) in [6.45, 7) is 0.444. The summed E-state index contributed by atoms with van der Waals surface area (Å²) in [5.41, 5.74) is -0.0893. The molecule has 1 unspecified atom stereocenters. The molecule has 1 aromatic heterocycles. The molecule has 1 N–H and O–H groups in total. The Labute approximate surface area is 106 Å². The normalized spacial score (nSPS) is 11.6. The maximum Gasteiger partial charge on any atom is 0.312 e. The predicted molar refractivity (Wildman–Crippen MR) is 67.6 cm³/mol. The fourth-order valence-electron chi connectivity index (χ4n) is 1.27. The lowest BCUT2D eigenvalue weighted by molar-refractivity contribution is -0.384. The van der Waals surface area contributed by atoms with Gasteiger partial charge in [0.2, 0.25) is 5.82 Å². The third-order valence-electron chi connectivity index (χ3n) is 2.09. The van der Waals surface area contributed by atoms with Crippen LogP contribution in [0.4, 0.5) is 11.5 Å². The van der Waals surface area contributed by atoms with Crippen molar-refractivity contribution in [3.63, 3.8) is 0 Å².